The van der Waals surface area contributed by atoms with Gasteiger partial charge in [0.1, 0.15) is 17.5 Å². The van der Waals surface area contributed by atoms with Crippen molar-refractivity contribution in [3.8, 4) is 5.88 Å². The second-order valence-corrected chi connectivity index (χ2v) is 11.8. The van der Waals surface area contributed by atoms with E-state index in [-0.39, 0.29) is 41.9 Å². The molecule has 4 aliphatic heterocycles. The van der Waals surface area contributed by atoms with Gasteiger partial charge < -0.3 is 35.4 Å². The van der Waals surface area contributed by atoms with Crippen molar-refractivity contribution in [2.24, 2.45) is 5.92 Å². The minimum absolute atomic E-state index is 0.127. The van der Waals surface area contributed by atoms with Crippen LogP contribution in [0, 0.1) is 11.7 Å². The molecule has 42 heavy (non-hydrogen) atoms. The number of hydrogen-bond acceptors (Lipinski definition) is 10. The molecule has 2 aromatic rings. The standard InChI is InChI=1S/C28H32FN7O6/c29-19-10-17(32-25(39)23-20(37)1-4-30-23)9-16-7-15(8-18(16)19)12-35-5-2-28(3-6-35)14-36(27(40)42-28)21-11-31-26-24(33-21)34-22(38)13-41-26/h9-11,15,20,23,30,37H,1-8,12-14H2,(H,32,39)(H,33,34,38). The molecule has 5 heterocycles. The van der Waals surface area contributed by atoms with E-state index < -0.39 is 23.8 Å². The lowest BCUT2D eigenvalue weighted by Gasteiger charge is -2.38. The van der Waals surface area contributed by atoms with E-state index >= 15 is 4.39 Å². The van der Waals surface area contributed by atoms with Crippen LogP contribution in [0.5, 0.6) is 5.88 Å². The first-order valence-corrected chi connectivity index (χ1v) is 14.3. The van der Waals surface area contributed by atoms with Crippen molar-refractivity contribution in [2.45, 2.75) is 49.9 Å². The molecule has 3 unspecified atom stereocenters. The third-order valence-corrected chi connectivity index (χ3v) is 8.88. The number of amides is 3. The minimum atomic E-state index is -0.746. The smallest absolute Gasteiger partial charge is 0.416 e. The minimum Gasteiger partial charge on any atom is -0.465 e. The molecule has 1 aromatic carbocycles. The molecule has 222 valence electrons. The Hall–Kier alpha value is -3.88. The molecular formula is C28H32FN7O6. The van der Waals surface area contributed by atoms with Gasteiger partial charge >= 0.3 is 6.09 Å². The highest BCUT2D eigenvalue weighted by Gasteiger charge is 2.48. The van der Waals surface area contributed by atoms with Crippen molar-refractivity contribution in [1.29, 1.82) is 0 Å². The van der Waals surface area contributed by atoms with Gasteiger partial charge in [-0.05, 0) is 55.0 Å². The molecule has 0 saturated carbocycles. The number of carbonyl (C=O) groups is 3. The topological polar surface area (TPSA) is 158 Å². The Morgan fingerprint density at radius 1 is 1.24 bits per heavy atom. The summed E-state index contributed by atoms with van der Waals surface area (Å²) in [7, 11) is 0. The number of piperidine rings is 1. The number of aliphatic hydroxyl groups excluding tert-OH is 1. The van der Waals surface area contributed by atoms with Crippen molar-refractivity contribution in [3.05, 3.63) is 35.3 Å². The van der Waals surface area contributed by atoms with E-state index in [2.05, 4.69) is 30.8 Å². The quantitative estimate of drug-likeness (QED) is 0.398. The molecule has 3 amide bonds. The fraction of sp³-hybridized carbons (Fsp3) is 0.536. The summed E-state index contributed by atoms with van der Waals surface area (Å²) in [6, 6.07) is 2.52. The zero-order chi connectivity index (χ0) is 29.0. The zero-order valence-corrected chi connectivity index (χ0v) is 22.9. The summed E-state index contributed by atoms with van der Waals surface area (Å²) in [5.74, 6) is -0.0938. The first-order valence-electron chi connectivity index (χ1n) is 14.3. The van der Waals surface area contributed by atoms with Crippen LogP contribution >= 0.6 is 0 Å². The molecule has 1 aromatic heterocycles. The number of nitrogens with one attached hydrogen (secondary N) is 3. The monoisotopic (exact) mass is 581 g/mol. The van der Waals surface area contributed by atoms with Crippen molar-refractivity contribution >= 4 is 35.2 Å². The van der Waals surface area contributed by atoms with E-state index in [0.29, 0.717) is 62.3 Å². The number of ether oxygens (including phenoxy) is 2. The molecule has 1 aliphatic carbocycles. The number of aliphatic hydroxyl groups is 1. The Labute approximate surface area is 240 Å². The van der Waals surface area contributed by atoms with E-state index in [1.165, 1.54) is 17.2 Å². The van der Waals surface area contributed by atoms with Gasteiger partial charge in [0.2, 0.25) is 5.91 Å². The molecule has 3 atom stereocenters. The predicted octanol–water partition coefficient (Wildman–Crippen LogP) is 0.814. The summed E-state index contributed by atoms with van der Waals surface area (Å²) in [5.41, 5.74) is 1.36. The Morgan fingerprint density at radius 3 is 2.86 bits per heavy atom. The van der Waals surface area contributed by atoms with Gasteiger partial charge in [0.05, 0.1) is 18.8 Å². The Balaban J connectivity index is 0.942. The Morgan fingerprint density at radius 2 is 2.07 bits per heavy atom. The molecule has 5 aliphatic rings. The van der Waals surface area contributed by atoms with Gasteiger partial charge in [0.25, 0.3) is 11.8 Å². The number of rotatable bonds is 5. The molecule has 3 fully saturated rings. The largest absolute Gasteiger partial charge is 0.465 e. The number of anilines is 3. The maximum Gasteiger partial charge on any atom is 0.416 e. The van der Waals surface area contributed by atoms with Crippen LogP contribution in [0.3, 0.4) is 0 Å². The van der Waals surface area contributed by atoms with Gasteiger partial charge in [-0.15, -0.1) is 0 Å². The molecule has 13 nitrogen and oxygen atoms in total. The molecule has 0 radical (unpaired) electrons. The lowest BCUT2D eigenvalue weighted by atomic mass is 9.90. The fourth-order valence-corrected chi connectivity index (χ4v) is 6.71. The third kappa shape index (κ3) is 5.03. The summed E-state index contributed by atoms with van der Waals surface area (Å²) in [5, 5.41) is 18.3. The number of hydrogen-bond donors (Lipinski definition) is 4. The van der Waals surface area contributed by atoms with Crippen LogP contribution in [-0.4, -0.2) is 95.0 Å². The highest BCUT2D eigenvalue weighted by Crippen LogP contribution is 2.38. The zero-order valence-electron chi connectivity index (χ0n) is 22.9. The molecule has 1 spiro atoms. The van der Waals surface area contributed by atoms with E-state index in [4.69, 9.17) is 9.47 Å². The maximum atomic E-state index is 15.0. The summed E-state index contributed by atoms with van der Waals surface area (Å²) >= 11 is 0. The average molecular weight is 582 g/mol. The van der Waals surface area contributed by atoms with Gasteiger partial charge in [-0.1, -0.05) is 0 Å². The van der Waals surface area contributed by atoms with E-state index in [9.17, 15) is 19.5 Å². The summed E-state index contributed by atoms with van der Waals surface area (Å²) < 4.78 is 26.1. The Kier molecular flexibility index (Phi) is 6.71. The van der Waals surface area contributed by atoms with Gasteiger partial charge in [-0.3, -0.25) is 14.5 Å². The number of carbonyl (C=O) groups excluding carboxylic acids is 3. The van der Waals surface area contributed by atoms with Crippen LogP contribution in [0.1, 0.15) is 30.4 Å². The number of likely N-dealkylation sites (tertiary alicyclic amines) is 1. The van der Waals surface area contributed by atoms with E-state index in [1.54, 1.807) is 0 Å². The predicted molar refractivity (Wildman–Crippen MR) is 147 cm³/mol. The van der Waals surface area contributed by atoms with Crippen LogP contribution in [0.25, 0.3) is 0 Å². The molecular weight excluding hydrogens is 549 g/mol. The molecule has 0 bridgehead atoms. The van der Waals surface area contributed by atoms with Crippen molar-refractivity contribution in [1.82, 2.24) is 20.2 Å². The van der Waals surface area contributed by atoms with Crippen molar-refractivity contribution in [2.75, 3.05) is 54.9 Å². The van der Waals surface area contributed by atoms with Crippen LogP contribution in [0.15, 0.2) is 18.3 Å². The number of nitrogens with zero attached hydrogens (tertiary/aromatic N) is 4. The van der Waals surface area contributed by atoms with Crippen molar-refractivity contribution < 1.29 is 33.4 Å². The third-order valence-electron chi connectivity index (χ3n) is 8.88. The SMILES string of the molecule is O=C1COc2ncc(N3CC4(CCN(CC5Cc6cc(NC(=O)C7NCCC7O)cc(F)c6C5)CC4)OC3=O)nc2N1. The maximum absolute atomic E-state index is 15.0. The number of fused-ring (bicyclic) bond motifs is 2. The van der Waals surface area contributed by atoms with Crippen LogP contribution < -0.4 is 25.6 Å². The summed E-state index contributed by atoms with van der Waals surface area (Å²) in [4.78, 5) is 49.3. The number of aromatic nitrogens is 2. The number of halogens is 1. The summed E-state index contributed by atoms with van der Waals surface area (Å²) in [6.07, 6.45) is 3.35. The Bertz CT molecular complexity index is 1450. The second-order valence-electron chi connectivity index (χ2n) is 11.8. The van der Waals surface area contributed by atoms with Gasteiger partial charge in [-0.25, -0.2) is 19.2 Å². The molecule has 4 N–H and O–H groups in total. The van der Waals surface area contributed by atoms with Crippen LogP contribution in [-0.2, 0) is 27.2 Å². The van der Waals surface area contributed by atoms with E-state index in [0.717, 1.165) is 25.2 Å². The molecule has 3 saturated heterocycles. The normalized spacial score (nSPS) is 26.4. The van der Waals surface area contributed by atoms with Gasteiger partial charge in [0.15, 0.2) is 18.2 Å². The van der Waals surface area contributed by atoms with Crippen LogP contribution in [0.4, 0.5) is 26.5 Å². The van der Waals surface area contributed by atoms with Gasteiger partial charge in [-0.2, -0.15) is 0 Å². The highest BCUT2D eigenvalue weighted by atomic mass is 19.1. The lowest BCUT2D eigenvalue weighted by Crippen LogP contribution is -2.48. The first kappa shape index (κ1) is 27.0. The molecule has 7 rings (SSSR count). The number of benzene rings is 1. The lowest BCUT2D eigenvalue weighted by molar-refractivity contribution is -0.120. The fourth-order valence-electron chi connectivity index (χ4n) is 6.71. The highest BCUT2D eigenvalue weighted by molar-refractivity contribution is 5.96. The van der Waals surface area contributed by atoms with E-state index in [1.807, 2.05) is 6.07 Å². The average Bonchev–Trinajstić information content (AvgIpc) is 3.66. The second kappa shape index (κ2) is 10.4. The summed E-state index contributed by atoms with van der Waals surface area (Å²) in [6.45, 7) is 3.03. The van der Waals surface area contributed by atoms with Crippen LogP contribution in [0.2, 0.25) is 0 Å². The first-order chi connectivity index (χ1) is 20.2. The van der Waals surface area contributed by atoms with Crippen molar-refractivity contribution in [3.63, 3.8) is 0 Å². The van der Waals surface area contributed by atoms with Gasteiger partial charge in [0, 0.05) is 38.2 Å². The molecule has 14 heteroatoms.